The summed E-state index contributed by atoms with van der Waals surface area (Å²) in [5.74, 6) is 0. The third kappa shape index (κ3) is 2.88. The van der Waals surface area contributed by atoms with Gasteiger partial charge in [-0.2, -0.15) is 5.10 Å². The summed E-state index contributed by atoms with van der Waals surface area (Å²) in [4.78, 5) is -0.0509. The molecule has 0 saturated carbocycles. The van der Waals surface area contributed by atoms with Crippen LogP contribution in [0.4, 0.5) is 11.4 Å². The Morgan fingerprint density at radius 3 is 2.80 bits per heavy atom. The minimum atomic E-state index is -3.80. The number of nitrogen functional groups attached to an aromatic ring is 1. The highest BCUT2D eigenvalue weighted by Gasteiger charge is 2.20. The Kier molecular flexibility index (Phi) is 3.92. The van der Waals surface area contributed by atoms with Crippen LogP contribution in [0.2, 0.25) is 5.02 Å². The van der Waals surface area contributed by atoms with E-state index in [2.05, 4.69) is 9.82 Å². The molecule has 2 rings (SSSR count). The van der Waals surface area contributed by atoms with Crippen molar-refractivity contribution in [1.82, 2.24) is 9.78 Å². The molecule has 0 aliphatic rings. The number of nitrogens with zero attached hydrogens (tertiary/aromatic N) is 2. The number of anilines is 2. The Hall–Kier alpha value is -1.73. The van der Waals surface area contributed by atoms with Crippen molar-refractivity contribution in [3.8, 4) is 0 Å². The van der Waals surface area contributed by atoms with Gasteiger partial charge in [0.15, 0.2) is 0 Å². The summed E-state index contributed by atoms with van der Waals surface area (Å²) < 4.78 is 28.8. The molecule has 0 amide bonds. The highest BCUT2D eigenvalue weighted by atomic mass is 35.5. The predicted octanol–water partition coefficient (Wildman–Crippen LogP) is 2.02. The van der Waals surface area contributed by atoms with E-state index in [9.17, 15) is 8.42 Å². The van der Waals surface area contributed by atoms with Crippen molar-refractivity contribution in [2.45, 2.75) is 18.2 Å². The van der Waals surface area contributed by atoms with E-state index in [1.807, 2.05) is 6.92 Å². The molecule has 0 aliphatic carbocycles. The van der Waals surface area contributed by atoms with Crippen LogP contribution in [-0.4, -0.2) is 18.2 Å². The van der Waals surface area contributed by atoms with E-state index in [1.54, 1.807) is 24.0 Å². The lowest BCUT2D eigenvalue weighted by atomic mass is 10.3. The van der Waals surface area contributed by atoms with Crippen LogP contribution in [0, 0.1) is 0 Å². The lowest BCUT2D eigenvalue weighted by Crippen LogP contribution is -2.14. The van der Waals surface area contributed by atoms with Gasteiger partial charge >= 0.3 is 0 Å². The number of aryl methyl sites for hydroxylation is 2. The molecule has 0 fully saturated rings. The molecule has 20 heavy (non-hydrogen) atoms. The number of halogens is 1. The van der Waals surface area contributed by atoms with Crippen molar-refractivity contribution in [2.75, 3.05) is 10.5 Å². The minimum Gasteiger partial charge on any atom is -0.399 e. The van der Waals surface area contributed by atoms with Gasteiger partial charge in [0.05, 0.1) is 16.4 Å². The van der Waals surface area contributed by atoms with E-state index in [4.69, 9.17) is 17.3 Å². The lowest BCUT2D eigenvalue weighted by molar-refractivity contribution is 0.601. The van der Waals surface area contributed by atoms with Gasteiger partial charge in [-0.1, -0.05) is 18.5 Å². The molecule has 0 bridgehead atoms. The van der Waals surface area contributed by atoms with Gasteiger partial charge in [-0.3, -0.25) is 9.40 Å². The lowest BCUT2D eigenvalue weighted by Gasteiger charge is -2.09. The Morgan fingerprint density at radius 1 is 1.45 bits per heavy atom. The van der Waals surface area contributed by atoms with Gasteiger partial charge in [-0.15, -0.1) is 0 Å². The summed E-state index contributed by atoms with van der Waals surface area (Å²) in [6.45, 7) is 1.90. The zero-order valence-corrected chi connectivity index (χ0v) is 12.7. The number of hydrogen-bond donors (Lipinski definition) is 2. The summed E-state index contributed by atoms with van der Waals surface area (Å²) in [7, 11) is -2.07. The minimum absolute atomic E-state index is 0.0509. The molecule has 108 valence electrons. The van der Waals surface area contributed by atoms with Gasteiger partial charge < -0.3 is 5.73 Å². The first-order chi connectivity index (χ1) is 9.33. The molecule has 0 aliphatic heterocycles. The van der Waals surface area contributed by atoms with Crippen molar-refractivity contribution >= 4 is 33.0 Å². The largest absolute Gasteiger partial charge is 0.399 e. The van der Waals surface area contributed by atoms with Crippen LogP contribution in [-0.2, 0) is 23.5 Å². The number of hydrogen-bond acceptors (Lipinski definition) is 4. The van der Waals surface area contributed by atoms with Gasteiger partial charge in [0, 0.05) is 18.9 Å². The quantitative estimate of drug-likeness (QED) is 0.845. The summed E-state index contributed by atoms with van der Waals surface area (Å²) in [5.41, 5.74) is 7.04. The second kappa shape index (κ2) is 5.34. The number of sulfonamides is 1. The van der Waals surface area contributed by atoms with Crippen LogP contribution >= 0.6 is 11.6 Å². The van der Waals surface area contributed by atoms with Crippen molar-refractivity contribution in [1.29, 1.82) is 0 Å². The second-order valence-corrected chi connectivity index (χ2v) is 6.37. The fourth-order valence-electron chi connectivity index (χ4n) is 1.81. The molecule has 1 heterocycles. The average molecular weight is 315 g/mol. The Bertz CT molecular complexity index is 740. The number of nitrogens with two attached hydrogens (primary N) is 1. The Balaban J connectivity index is 2.43. The normalized spacial score (nSPS) is 11.6. The van der Waals surface area contributed by atoms with Gasteiger partial charge in [-0.25, -0.2) is 8.42 Å². The molecule has 3 N–H and O–H groups in total. The third-order valence-electron chi connectivity index (χ3n) is 2.73. The van der Waals surface area contributed by atoms with Crippen molar-refractivity contribution in [3.63, 3.8) is 0 Å². The van der Waals surface area contributed by atoms with Crippen LogP contribution in [0.5, 0.6) is 0 Å². The molecular weight excluding hydrogens is 300 g/mol. The van der Waals surface area contributed by atoms with Gasteiger partial charge in [0.2, 0.25) is 0 Å². The van der Waals surface area contributed by atoms with E-state index < -0.39 is 10.0 Å². The first-order valence-electron chi connectivity index (χ1n) is 5.94. The van der Waals surface area contributed by atoms with E-state index in [0.717, 1.165) is 0 Å². The van der Waals surface area contributed by atoms with Crippen molar-refractivity contribution < 1.29 is 8.42 Å². The molecular formula is C12H15ClN4O2S. The van der Waals surface area contributed by atoms with E-state index in [0.29, 0.717) is 23.5 Å². The predicted molar refractivity (Wildman–Crippen MR) is 79.3 cm³/mol. The summed E-state index contributed by atoms with van der Waals surface area (Å²) in [6.07, 6.45) is 2.22. The monoisotopic (exact) mass is 314 g/mol. The maximum absolute atomic E-state index is 12.4. The summed E-state index contributed by atoms with van der Waals surface area (Å²) in [6, 6.07) is 4.32. The van der Waals surface area contributed by atoms with Crippen molar-refractivity contribution in [2.24, 2.45) is 7.05 Å². The van der Waals surface area contributed by atoms with Crippen LogP contribution in [0.3, 0.4) is 0 Å². The second-order valence-electron chi connectivity index (χ2n) is 4.31. The van der Waals surface area contributed by atoms with Crippen LogP contribution < -0.4 is 10.5 Å². The molecule has 1 aromatic heterocycles. The van der Waals surface area contributed by atoms with E-state index >= 15 is 0 Å². The summed E-state index contributed by atoms with van der Waals surface area (Å²) in [5, 5.41) is 4.30. The Labute approximate surface area is 122 Å². The summed E-state index contributed by atoms with van der Waals surface area (Å²) >= 11 is 5.93. The molecule has 0 spiro atoms. The zero-order valence-electron chi connectivity index (χ0n) is 11.1. The van der Waals surface area contributed by atoms with Crippen LogP contribution in [0.25, 0.3) is 0 Å². The highest BCUT2D eigenvalue weighted by molar-refractivity contribution is 7.92. The maximum Gasteiger partial charge on any atom is 0.263 e. The number of aromatic nitrogens is 2. The van der Waals surface area contributed by atoms with E-state index in [-0.39, 0.29) is 9.92 Å². The van der Waals surface area contributed by atoms with Gasteiger partial charge in [0.25, 0.3) is 10.0 Å². The fraction of sp³-hybridized carbons (Fsp3) is 0.250. The van der Waals surface area contributed by atoms with Crippen LogP contribution in [0.15, 0.2) is 29.3 Å². The molecule has 0 saturated heterocycles. The maximum atomic E-state index is 12.4. The topological polar surface area (TPSA) is 90.0 Å². The van der Waals surface area contributed by atoms with Gasteiger partial charge in [-0.05, 0) is 24.6 Å². The molecule has 0 atom stereocenters. The standard InChI is InChI=1S/C12H15ClN4O2S/c1-3-10-11(7-17(2)15-10)16-20(18,19)12-6-8(14)4-5-9(12)13/h4-7,16H,3,14H2,1-2H3. The smallest absolute Gasteiger partial charge is 0.263 e. The number of benzene rings is 1. The molecule has 0 radical (unpaired) electrons. The third-order valence-corrected chi connectivity index (χ3v) is 4.58. The SMILES string of the molecule is CCc1nn(C)cc1NS(=O)(=O)c1cc(N)ccc1Cl. The van der Waals surface area contributed by atoms with Crippen LogP contribution in [0.1, 0.15) is 12.6 Å². The molecule has 0 unspecified atom stereocenters. The Morgan fingerprint density at radius 2 is 2.15 bits per heavy atom. The van der Waals surface area contributed by atoms with Crippen molar-refractivity contribution in [3.05, 3.63) is 35.1 Å². The first kappa shape index (κ1) is 14.7. The fourth-order valence-corrected chi connectivity index (χ4v) is 3.41. The average Bonchev–Trinajstić information content (AvgIpc) is 2.71. The molecule has 2 aromatic rings. The molecule has 8 heteroatoms. The molecule has 6 nitrogen and oxygen atoms in total. The number of nitrogens with one attached hydrogen (secondary N) is 1. The molecule has 1 aromatic carbocycles. The zero-order chi connectivity index (χ0) is 14.9. The first-order valence-corrected chi connectivity index (χ1v) is 7.80. The number of rotatable bonds is 4. The highest BCUT2D eigenvalue weighted by Crippen LogP contribution is 2.26. The van der Waals surface area contributed by atoms with E-state index in [1.165, 1.54) is 12.1 Å². The van der Waals surface area contributed by atoms with Gasteiger partial charge in [0.1, 0.15) is 4.90 Å².